The van der Waals surface area contributed by atoms with Gasteiger partial charge in [-0.05, 0) is 53.4 Å². The van der Waals surface area contributed by atoms with E-state index in [4.69, 9.17) is 11.6 Å². The molecule has 0 spiro atoms. The third-order valence-electron chi connectivity index (χ3n) is 6.25. The zero-order valence-electron chi connectivity index (χ0n) is 19.8. The SMILES string of the molecule is CC(C)c1ccc(NC(=O)Cn2c3ccc(F)cc3c3ncn(Cc4ccccc4Cl)c(=O)c32)cc1. The van der Waals surface area contributed by atoms with Crippen LogP contribution in [-0.4, -0.2) is 20.0 Å². The van der Waals surface area contributed by atoms with Gasteiger partial charge in [0.2, 0.25) is 5.91 Å². The summed E-state index contributed by atoms with van der Waals surface area (Å²) >= 11 is 6.29. The first kappa shape index (κ1) is 23.8. The molecule has 0 bridgehead atoms. The number of aromatic nitrogens is 3. The summed E-state index contributed by atoms with van der Waals surface area (Å²) < 4.78 is 17.2. The molecule has 0 atom stereocenters. The van der Waals surface area contributed by atoms with E-state index < -0.39 is 5.82 Å². The standard InChI is InChI=1S/C28H24ClFN4O2/c1-17(2)18-7-10-21(11-8-18)32-25(35)15-34-24-12-9-20(30)13-22(24)26-27(34)28(36)33(16-31-26)14-19-5-3-4-6-23(19)29/h3-13,16-17H,14-15H2,1-2H3,(H,32,35). The van der Waals surface area contributed by atoms with Crippen molar-refractivity contribution in [3.63, 3.8) is 0 Å². The molecule has 0 unspecified atom stereocenters. The first-order valence-electron chi connectivity index (χ1n) is 11.6. The van der Waals surface area contributed by atoms with E-state index in [1.807, 2.05) is 42.5 Å². The minimum absolute atomic E-state index is 0.134. The molecule has 0 aliphatic rings. The van der Waals surface area contributed by atoms with Crippen molar-refractivity contribution in [2.45, 2.75) is 32.9 Å². The molecule has 36 heavy (non-hydrogen) atoms. The summed E-state index contributed by atoms with van der Waals surface area (Å²) in [6, 6.07) is 19.1. The Balaban J connectivity index is 1.56. The van der Waals surface area contributed by atoms with E-state index in [2.05, 4.69) is 24.1 Å². The molecule has 0 aliphatic carbocycles. The minimum Gasteiger partial charge on any atom is -0.325 e. The van der Waals surface area contributed by atoms with Gasteiger partial charge in [-0.25, -0.2) is 9.37 Å². The molecule has 5 rings (SSSR count). The Morgan fingerprint density at radius 2 is 1.83 bits per heavy atom. The number of nitrogens with zero attached hydrogens (tertiary/aromatic N) is 3. The molecule has 5 aromatic rings. The number of rotatable bonds is 6. The Kier molecular flexibility index (Phi) is 6.33. The summed E-state index contributed by atoms with van der Waals surface area (Å²) in [5, 5.41) is 3.90. The molecule has 0 fully saturated rings. The maximum Gasteiger partial charge on any atom is 0.278 e. The molecule has 2 heterocycles. The molecular weight excluding hydrogens is 479 g/mol. The van der Waals surface area contributed by atoms with E-state index in [-0.39, 0.29) is 30.1 Å². The van der Waals surface area contributed by atoms with Crippen LogP contribution in [0.1, 0.15) is 30.9 Å². The second-order valence-corrected chi connectivity index (χ2v) is 9.45. The Morgan fingerprint density at radius 3 is 2.56 bits per heavy atom. The number of carbonyl (C=O) groups excluding carboxylic acids is 1. The second-order valence-electron chi connectivity index (χ2n) is 9.04. The molecule has 0 saturated heterocycles. The van der Waals surface area contributed by atoms with Gasteiger partial charge in [-0.3, -0.25) is 14.2 Å². The van der Waals surface area contributed by atoms with E-state index in [1.54, 1.807) is 16.7 Å². The van der Waals surface area contributed by atoms with Crippen molar-refractivity contribution in [2.75, 3.05) is 5.32 Å². The Labute approximate surface area is 212 Å². The van der Waals surface area contributed by atoms with Crippen LogP contribution in [0, 0.1) is 5.82 Å². The van der Waals surface area contributed by atoms with Gasteiger partial charge in [0.05, 0.1) is 18.4 Å². The molecule has 8 heteroatoms. The maximum absolute atomic E-state index is 14.1. The van der Waals surface area contributed by atoms with Gasteiger partial charge in [0.15, 0.2) is 0 Å². The van der Waals surface area contributed by atoms with Gasteiger partial charge in [0.25, 0.3) is 5.56 Å². The van der Waals surface area contributed by atoms with Gasteiger partial charge in [0.1, 0.15) is 23.4 Å². The van der Waals surface area contributed by atoms with E-state index >= 15 is 0 Å². The van der Waals surface area contributed by atoms with Crippen LogP contribution >= 0.6 is 11.6 Å². The van der Waals surface area contributed by atoms with Gasteiger partial charge in [-0.15, -0.1) is 0 Å². The van der Waals surface area contributed by atoms with E-state index in [0.717, 1.165) is 5.56 Å². The lowest BCUT2D eigenvalue weighted by atomic mass is 10.0. The van der Waals surface area contributed by atoms with Crippen LogP contribution in [0.2, 0.25) is 5.02 Å². The lowest BCUT2D eigenvalue weighted by molar-refractivity contribution is -0.116. The van der Waals surface area contributed by atoms with Gasteiger partial charge in [-0.1, -0.05) is 55.8 Å². The highest BCUT2D eigenvalue weighted by Crippen LogP contribution is 2.27. The highest BCUT2D eigenvalue weighted by atomic mass is 35.5. The zero-order valence-corrected chi connectivity index (χ0v) is 20.6. The van der Waals surface area contributed by atoms with Crippen LogP contribution in [0.5, 0.6) is 0 Å². The van der Waals surface area contributed by atoms with E-state index in [1.165, 1.54) is 28.6 Å². The second kappa shape index (κ2) is 9.59. The summed E-state index contributed by atoms with van der Waals surface area (Å²) in [5.41, 5.74) is 3.38. The summed E-state index contributed by atoms with van der Waals surface area (Å²) in [6.45, 7) is 4.28. The van der Waals surface area contributed by atoms with Crippen molar-refractivity contribution in [3.05, 3.63) is 105 Å². The molecule has 1 N–H and O–H groups in total. The molecule has 2 aromatic heterocycles. The number of fused-ring (bicyclic) bond motifs is 3. The Hall–Kier alpha value is -3.97. The number of benzene rings is 3. The largest absolute Gasteiger partial charge is 0.325 e. The van der Waals surface area contributed by atoms with Crippen LogP contribution in [0.3, 0.4) is 0 Å². The topological polar surface area (TPSA) is 68.9 Å². The van der Waals surface area contributed by atoms with Crippen molar-refractivity contribution in [1.82, 2.24) is 14.1 Å². The number of amides is 1. The van der Waals surface area contributed by atoms with Crippen LogP contribution in [0.4, 0.5) is 10.1 Å². The lowest BCUT2D eigenvalue weighted by Crippen LogP contribution is -2.25. The maximum atomic E-state index is 14.1. The van der Waals surface area contributed by atoms with Crippen molar-refractivity contribution in [3.8, 4) is 0 Å². The molecule has 6 nitrogen and oxygen atoms in total. The summed E-state index contributed by atoms with van der Waals surface area (Å²) in [6.07, 6.45) is 1.43. The number of hydrogen-bond donors (Lipinski definition) is 1. The molecule has 0 radical (unpaired) electrons. The van der Waals surface area contributed by atoms with Crippen LogP contribution < -0.4 is 10.9 Å². The van der Waals surface area contributed by atoms with Gasteiger partial charge >= 0.3 is 0 Å². The van der Waals surface area contributed by atoms with Gasteiger partial charge in [-0.2, -0.15) is 0 Å². The van der Waals surface area contributed by atoms with E-state index in [9.17, 15) is 14.0 Å². The van der Waals surface area contributed by atoms with Crippen LogP contribution in [-0.2, 0) is 17.9 Å². The number of nitrogens with one attached hydrogen (secondary N) is 1. The molecule has 182 valence electrons. The molecule has 0 aliphatic heterocycles. The van der Waals surface area contributed by atoms with E-state index in [0.29, 0.717) is 33.0 Å². The predicted molar refractivity (Wildman–Crippen MR) is 141 cm³/mol. The quantitative estimate of drug-likeness (QED) is 0.312. The minimum atomic E-state index is -0.446. The molecule has 0 saturated carbocycles. The zero-order chi connectivity index (χ0) is 25.4. The first-order valence-corrected chi connectivity index (χ1v) is 12.0. The fourth-order valence-corrected chi connectivity index (χ4v) is 4.55. The van der Waals surface area contributed by atoms with Gasteiger partial charge in [0, 0.05) is 16.1 Å². The summed E-state index contributed by atoms with van der Waals surface area (Å²) in [4.78, 5) is 31.1. The monoisotopic (exact) mass is 502 g/mol. The number of carbonyl (C=O) groups is 1. The van der Waals surface area contributed by atoms with Crippen molar-refractivity contribution in [2.24, 2.45) is 0 Å². The highest BCUT2D eigenvalue weighted by Gasteiger charge is 2.19. The number of hydrogen-bond acceptors (Lipinski definition) is 3. The highest BCUT2D eigenvalue weighted by molar-refractivity contribution is 6.31. The fraction of sp³-hybridized carbons (Fsp3) is 0.179. The van der Waals surface area contributed by atoms with Crippen LogP contribution in [0.15, 0.2) is 77.9 Å². The van der Waals surface area contributed by atoms with Crippen molar-refractivity contribution in [1.29, 1.82) is 0 Å². The predicted octanol–water partition coefficient (Wildman–Crippen LogP) is 5.95. The first-order chi connectivity index (χ1) is 17.3. The normalized spacial score (nSPS) is 11.5. The van der Waals surface area contributed by atoms with Crippen molar-refractivity contribution < 1.29 is 9.18 Å². The fourth-order valence-electron chi connectivity index (χ4n) is 4.35. The summed E-state index contributed by atoms with van der Waals surface area (Å²) in [5.74, 6) is -0.372. The molecule has 3 aromatic carbocycles. The Bertz CT molecular complexity index is 1650. The Morgan fingerprint density at radius 1 is 1.08 bits per heavy atom. The summed E-state index contributed by atoms with van der Waals surface area (Å²) in [7, 11) is 0. The number of anilines is 1. The third kappa shape index (κ3) is 4.50. The molecular formula is C28H24ClFN4O2. The van der Waals surface area contributed by atoms with Crippen molar-refractivity contribution >= 4 is 45.1 Å². The lowest BCUT2D eigenvalue weighted by Gasteiger charge is -2.11. The molecule has 1 amide bonds. The third-order valence-corrected chi connectivity index (χ3v) is 6.62. The smallest absolute Gasteiger partial charge is 0.278 e. The number of halogens is 2. The van der Waals surface area contributed by atoms with Crippen LogP contribution in [0.25, 0.3) is 21.9 Å². The average Bonchev–Trinajstić information content (AvgIpc) is 3.15. The average molecular weight is 503 g/mol. The van der Waals surface area contributed by atoms with Gasteiger partial charge < -0.3 is 9.88 Å².